The summed E-state index contributed by atoms with van der Waals surface area (Å²) >= 11 is 6.10. The molecule has 1 rings (SSSR count). The minimum Gasteiger partial charge on any atom is -0.354 e. The van der Waals surface area contributed by atoms with Gasteiger partial charge in [0, 0.05) is 18.2 Å². The number of hydrogen-bond donors (Lipinski definition) is 0. The molecule has 0 saturated heterocycles. The summed E-state index contributed by atoms with van der Waals surface area (Å²) in [6, 6.07) is 0.473. The van der Waals surface area contributed by atoms with E-state index in [0.717, 1.165) is 30.8 Å². The van der Waals surface area contributed by atoms with Gasteiger partial charge in [0.2, 0.25) is 0 Å². The normalized spacial score (nSPS) is 12.6. The van der Waals surface area contributed by atoms with Gasteiger partial charge in [0.25, 0.3) is 0 Å². The van der Waals surface area contributed by atoms with E-state index in [1.807, 2.05) is 0 Å². The Morgan fingerprint density at radius 3 is 2.50 bits per heavy atom. The first-order valence-electron chi connectivity index (χ1n) is 5.91. The minimum absolute atomic E-state index is 0.473. The molecule has 4 heteroatoms. The summed E-state index contributed by atoms with van der Waals surface area (Å²) in [5.74, 6) is 0.986. The molecule has 0 aliphatic heterocycles. The number of rotatable bonds is 5. The van der Waals surface area contributed by atoms with Crippen LogP contribution in [0.15, 0.2) is 6.33 Å². The monoisotopic (exact) mass is 241 g/mol. The quantitative estimate of drug-likeness (QED) is 0.741. The van der Waals surface area contributed by atoms with Gasteiger partial charge in [0.1, 0.15) is 17.3 Å². The van der Waals surface area contributed by atoms with E-state index in [9.17, 15) is 0 Å². The molecule has 0 saturated carbocycles. The van der Waals surface area contributed by atoms with Gasteiger partial charge in [-0.3, -0.25) is 0 Å². The first-order valence-corrected chi connectivity index (χ1v) is 6.29. The molecule has 0 N–H and O–H groups in total. The van der Waals surface area contributed by atoms with Gasteiger partial charge in [0.05, 0.1) is 0 Å². The molecule has 0 bridgehead atoms. The van der Waals surface area contributed by atoms with E-state index in [4.69, 9.17) is 11.6 Å². The fourth-order valence-corrected chi connectivity index (χ4v) is 2.09. The molecule has 1 unspecified atom stereocenters. The fourth-order valence-electron chi connectivity index (χ4n) is 1.82. The van der Waals surface area contributed by atoms with Crippen LogP contribution in [-0.4, -0.2) is 22.6 Å². The molecule has 3 nitrogen and oxygen atoms in total. The van der Waals surface area contributed by atoms with E-state index >= 15 is 0 Å². The van der Waals surface area contributed by atoms with Crippen molar-refractivity contribution in [1.82, 2.24) is 9.97 Å². The van der Waals surface area contributed by atoms with Crippen molar-refractivity contribution in [3.05, 3.63) is 17.0 Å². The molecule has 1 heterocycles. The van der Waals surface area contributed by atoms with Crippen molar-refractivity contribution < 1.29 is 0 Å². The summed E-state index contributed by atoms with van der Waals surface area (Å²) < 4.78 is 0. The number of nitrogens with zero attached hydrogens (tertiary/aromatic N) is 3. The minimum atomic E-state index is 0.473. The highest BCUT2D eigenvalue weighted by atomic mass is 35.5. The van der Waals surface area contributed by atoms with E-state index < -0.39 is 0 Å². The summed E-state index contributed by atoms with van der Waals surface area (Å²) in [6.45, 7) is 9.55. The highest BCUT2D eigenvalue weighted by Gasteiger charge is 2.17. The van der Waals surface area contributed by atoms with Crippen LogP contribution in [0.3, 0.4) is 0 Å². The maximum absolute atomic E-state index is 6.10. The Kier molecular flexibility index (Phi) is 5.00. The molecule has 0 amide bonds. The van der Waals surface area contributed by atoms with Crippen LogP contribution in [0.25, 0.3) is 0 Å². The maximum Gasteiger partial charge on any atom is 0.137 e. The van der Waals surface area contributed by atoms with Crippen LogP contribution < -0.4 is 4.90 Å². The van der Waals surface area contributed by atoms with Crippen LogP contribution in [0.2, 0.25) is 5.15 Å². The highest BCUT2D eigenvalue weighted by Crippen LogP contribution is 2.25. The number of hydrogen-bond acceptors (Lipinski definition) is 3. The van der Waals surface area contributed by atoms with Crippen LogP contribution in [0.4, 0.5) is 5.82 Å². The number of aromatic nitrogens is 2. The zero-order chi connectivity index (χ0) is 12.1. The number of anilines is 1. The molecule has 0 aromatic carbocycles. The van der Waals surface area contributed by atoms with Gasteiger partial charge in [0.15, 0.2) is 0 Å². The summed E-state index contributed by atoms with van der Waals surface area (Å²) in [4.78, 5) is 10.7. The Hall–Kier alpha value is -0.830. The van der Waals surface area contributed by atoms with Crippen molar-refractivity contribution in [2.24, 2.45) is 0 Å². The second kappa shape index (κ2) is 6.04. The molecule has 1 aromatic rings. The predicted octanol–water partition coefficient (Wildman–Crippen LogP) is 3.32. The molecule has 0 aliphatic rings. The lowest BCUT2D eigenvalue weighted by molar-refractivity contribution is 0.619. The first kappa shape index (κ1) is 13.2. The molecule has 0 spiro atoms. The lowest BCUT2D eigenvalue weighted by Crippen LogP contribution is -2.34. The average Bonchev–Trinajstić information content (AvgIpc) is 2.30. The molecule has 90 valence electrons. The third-order valence-corrected chi connectivity index (χ3v) is 3.28. The van der Waals surface area contributed by atoms with Crippen LogP contribution in [-0.2, 0) is 6.42 Å². The topological polar surface area (TPSA) is 29.0 Å². The predicted molar refractivity (Wildman–Crippen MR) is 69.2 cm³/mol. The third-order valence-electron chi connectivity index (χ3n) is 2.96. The van der Waals surface area contributed by atoms with Gasteiger partial charge < -0.3 is 4.90 Å². The van der Waals surface area contributed by atoms with Gasteiger partial charge in [-0.05, 0) is 26.7 Å². The molecular weight excluding hydrogens is 222 g/mol. The Morgan fingerprint density at radius 1 is 1.31 bits per heavy atom. The summed E-state index contributed by atoms with van der Waals surface area (Å²) in [5, 5.41) is 0.578. The van der Waals surface area contributed by atoms with Gasteiger partial charge in [-0.25, -0.2) is 9.97 Å². The maximum atomic E-state index is 6.10. The van der Waals surface area contributed by atoms with Crippen molar-refractivity contribution >= 4 is 17.4 Å². The second-order valence-corrected chi connectivity index (χ2v) is 4.22. The molecule has 16 heavy (non-hydrogen) atoms. The molecule has 1 atom stereocenters. The molecule has 0 fully saturated rings. The van der Waals surface area contributed by atoms with Crippen LogP contribution in [0.5, 0.6) is 0 Å². The van der Waals surface area contributed by atoms with Crippen molar-refractivity contribution in [2.75, 3.05) is 11.4 Å². The highest BCUT2D eigenvalue weighted by molar-refractivity contribution is 6.30. The Morgan fingerprint density at radius 2 is 2.00 bits per heavy atom. The lowest BCUT2D eigenvalue weighted by atomic mass is 10.1. The van der Waals surface area contributed by atoms with Crippen LogP contribution in [0.1, 0.15) is 39.7 Å². The van der Waals surface area contributed by atoms with Crippen molar-refractivity contribution in [2.45, 2.75) is 46.6 Å². The first-order chi connectivity index (χ1) is 7.65. The van der Waals surface area contributed by atoms with Gasteiger partial charge in [-0.2, -0.15) is 0 Å². The van der Waals surface area contributed by atoms with Crippen LogP contribution >= 0.6 is 11.6 Å². The van der Waals surface area contributed by atoms with Crippen molar-refractivity contribution in [3.63, 3.8) is 0 Å². The molecular formula is C12H20ClN3. The Balaban J connectivity index is 3.14. The zero-order valence-electron chi connectivity index (χ0n) is 10.5. The van der Waals surface area contributed by atoms with Gasteiger partial charge in [-0.15, -0.1) is 0 Å². The van der Waals surface area contributed by atoms with Gasteiger partial charge in [-0.1, -0.05) is 25.4 Å². The second-order valence-electron chi connectivity index (χ2n) is 3.86. The smallest absolute Gasteiger partial charge is 0.137 e. The van der Waals surface area contributed by atoms with Gasteiger partial charge >= 0.3 is 0 Å². The van der Waals surface area contributed by atoms with E-state index in [1.165, 1.54) is 0 Å². The zero-order valence-corrected chi connectivity index (χ0v) is 11.3. The van der Waals surface area contributed by atoms with E-state index in [1.54, 1.807) is 6.33 Å². The van der Waals surface area contributed by atoms with Crippen LogP contribution in [0, 0.1) is 0 Å². The Bertz CT molecular complexity index is 341. The average molecular weight is 242 g/mol. The SMILES string of the molecule is CCc1c(Cl)ncnc1N(CC)C(C)CC. The Labute approximate surface area is 103 Å². The lowest BCUT2D eigenvalue weighted by Gasteiger charge is -2.30. The van der Waals surface area contributed by atoms with Crippen molar-refractivity contribution in [1.29, 1.82) is 0 Å². The summed E-state index contributed by atoms with van der Waals surface area (Å²) in [5.41, 5.74) is 1.05. The standard InChI is InChI=1S/C12H20ClN3/c1-5-9(4)16(7-3)12-10(6-2)11(13)14-8-15-12/h8-9H,5-7H2,1-4H3. The van der Waals surface area contributed by atoms with E-state index in [-0.39, 0.29) is 0 Å². The fraction of sp³-hybridized carbons (Fsp3) is 0.667. The third kappa shape index (κ3) is 2.64. The summed E-state index contributed by atoms with van der Waals surface area (Å²) in [6.07, 6.45) is 3.50. The summed E-state index contributed by atoms with van der Waals surface area (Å²) in [7, 11) is 0. The molecule has 1 aromatic heterocycles. The largest absolute Gasteiger partial charge is 0.354 e. The van der Waals surface area contributed by atoms with E-state index in [0.29, 0.717) is 11.2 Å². The number of halogens is 1. The van der Waals surface area contributed by atoms with Crippen molar-refractivity contribution in [3.8, 4) is 0 Å². The molecule has 0 radical (unpaired) electrons. The molecule has 0 aliphatic carbocycles. The van der Waals surface area contributed by atoms with E-state index in [2.05, 4.69) is 42.6 Å².